The van der Waals surface area contributed by atoms with Gasteiger partial charge in [-0.05, 0) is 19.1 Å². The summed E-state index contributed by atoms with van der Waals surface area (Å²) in [5, 5.41) is 0. The Bertz CT molecular complexity index is 238. The SMILES string of the molecule is CCn1ccn(OC)c1=S. The van der Waals surface area contributed by atoms with Crippen LogP contribution in [0, 0.1) is 4.77 Å². The summed E-state index contributed by atoms with van der Waals surface area (Å²) in [5.74, 6) is 0. The van der Waals surface area contributed by atoms with Crippen LogP contribution in [0.5, 0.6) is 0 Å². The lowest BCUT2D eigenvalue weighted by Crippen LogP contribution is -2.05. The first kappa shape index (κ1) is 7.34. The Balaban J connectivity index is 3.09. The van der Waals surface area contributed by atoms with Crippen LogP contribution in [0.4, 0.5) is 0 Å². The molecule has 1 aromatic rings. The van der Waals surface area contributed by atoms with Crippen LogP contribution in [0.15, 0.2) is 12.4 Å². The van der Waals surface area contributed by atoms with Gasteiger partial charge in [-0.3, -0.25) is 0 Å². The molecule has 0 aliphatic carbocycles. The zero-order valence-electron chi connectivity index (χ0n) is 6.07. The molecule has 0 atom stereocenters. The summed E-state index contributed by atoms with van der Waals surface area (Å²) in [6.07, 6.45) is 3.69. The van der Waals surface area contributed by atoms with Crippen molar-refractivity contribution in [3.63, 3.8) is 0 Å². The summed E-state index contributed by atoms with van der Waals surface area (Å²) < 4.78 is 4.18. The zero-order valence-corrected chi connectivity index (χ0v) is 6.89. The van der Waals surface area contributed by atoms with E-state index in [1.807, 2.05) is 17.7 Å². The van der Waals surface area contributed by atoms with Gasteiger partial charge in [0.25, 0.3) is 0 Å². The van der Waals surface area contributed by atoms with E-state index in [1.165, 1.54) is 0 Å². The molecule has 0 spiro atoms. The maximum Gasteiger partial charge on any atom is 0.214 e. The summed E-state index contributed by atoms with van der Waals surface area (Å²) in [4.78, 5) is 4.92. The molecule has 0 saturated heterocycles. The molecule has 0 radical (unpaired) electrons. The molecule has 1 heterocycles. The van der Waals surface area contributed by atoms with Crippen molar-refractivity contribution in [2.75, 3.05) is 7.11 Å². The predicted molar refractivity (Wildman–Crippen MR) is 41.4 cm³/mol. The van der Waals surface area contributed by atoms with Crippen LogP contribution >= 0.6 is 12.2 Å². The van der Waals surface area contributed by atoms with Gasteiger partial charge in [-0.1, -0.05) is 0 Å². The molecule has 0 unspecified atom stereocenters. The van der Waals surface area contributed by atoms with Gasteiger partial charge in [0.05, 0.1) is 6.20 Å². The molecule has 0 fully saturated rings. The van der Waals surface area contributed by atoms with E-state index in [1.54, 1.807) is 18.0 Å². The minimum absolute atomic E-state index is 0.699. The molecule has 56 valence electrons. The molecule has 1 aromatic heterocycles. The van der Waals surface area contributed by atoms with Gasteiger partial charge in [0, 0.05) is 12.7 Å². The van der Waals surface area contributed by atoms with Gasteiger partial charge in [0.15, 0.2) is 0 Å². The lowest BCUT2D eigenvalue weighted by molar-refractivity contribution is 0.161. The number of aromatic nitrogens is 2. The normalized spacial score (nSPS) is 9.80. The van der Waals surface area contributed by atoms with Gasteiger partial charge in [0.1, 0.15) is 7.11 Å². The van der Waals surface area contributed by atoms with E-state index in [4.69, 9.17) is 17.1 Å². The Morgan fingerprint density at radius 1 is 1.60 bits per heavy atom. The van der Waals surface area contributed by atoms with Crippen LogP contribution in [0.2, 0.25) is 0 Å². The third-order valence-corrected chi connectivity index (χ3v) is 1.77. The molecule has 0 N–H and O–H groups in total. The minimum atomic E-state index is 0.699. The predicted octanol–water partition coefficient (Wildman–Crippen LogP) is 1.10. The van der Waals surface area contributed by atoms with Crippen LogP contribution in [0.3, 0.4) is 0 Å². The number of hydrogen-bond donors (Lipinski definition) is 0. The Morgan fingerprint density at radius 2 is 2.30 bits per heavy atom. The van der Waals surface area contributed by atoms with E-state index < -0.39 is 0 Å². The van der Waals surface area contributed by atoms with Crippen LogP contribution in [0.25, 0.3) is 0 Å². The van der Waals surface area contributed by atoms with E-state index >= 15 is 0 Å². The fraction of sp³-hybridized carbons (Fsp3) is 0.500. The van der Waals surface area contributed by atoms with E-state index in [0.29, 0.717) is 4.77 Å². The monoisotopic (exact) mass is 158 g/mol. The van der Waals surface area contributed by atoms with Crippen LogP contribution in [-0.2, 0) is 6.54 Å². The van der Waals surface area contributed by atoms with Gasteiger partial charge >= 0.3 is 0 Å². The second-order valence-electron chi connectivity index (χ2n) is 1.88. The number of hydrogen-bond acceptors (Lipinski definition) is 2. The topological polar surface area (TPSA) is 19.1 Å². The minimum Gasteiger partial charge on any atom is -0.415 e. The third kappa shape index (κ3) is 1.07. The smallest absolute Gasteiger partial charge is 0.214 e. The highest BCUT2D eigenvalue weighted by molar-refractivity contribution is 7.71. The standard InChI is InChI=1S/C6H10N2OS/c1-3-7-4-5-8(9-2)6(7)10/h4-5H,3H2,1-2H3. The molecule has 0 amide bonds. The average Bonchev–Trinajstić information content (AvgIpc) is 2.30. The van der Waals surface area contributed by atoms with Crippen molar-refractivity contribution in [1.29, 1.82) is 0 Å². The molecule has 0 aliphatic rings. The van der Waals surface area contributed by atoms with E-state index in [9.17, 15) is 0 Å². The fourth-order valence-corrected chi connectivity index (χ4v) is 1.10. The van der Waals surface area contributed by atoms with Crippen molar-refractivity contribution < 1.29 is 4.84 Å². The quantitative estimate of drug-likeness (QED) is 0.600. The lowest BCUT2D eigenvalue weighted by Gasteiger charge is -1.97. The van der Waals surface area contributed by atoms with Crippen LogP contribution in [-0.4, -0.2) is 16.4 Å². The second-order valence-corrected chi connectivity index (χ2v) is 2.24. The molecule has 4 heteroatoms. The molecular formula is C6H10N2OS. The summed E-state index contributed by atoms with van der Waals surface area (Å²) in [5.41, 5.74) is 0. The maximum atomic E-state index is 5.02. The Hall–Kier alpha value is -0.770. The second kappa shape index (κ2) is 2.88. The molecule has 0 bridgehead atoms. The summed E-state index contributed by atoms with van der Waals surface area (Å²) in [7, 11) is 1.59. The van der Waals surface area contributed by atoms with E-state index in [0.717, 1.165) is 6.54 Å². The Labute approximate surface area is 64.8 Å². The van der Waals surface area contributed by atoms with Crippen LogP contribution < -0.4 is 4.84 Å². The third-order valence-electron chi connectivity index (χ3n) is 1.35. The van der Waals surface area contributed by atoms with Gasteiger partial charge in [0.2, 0.25) is 4.77 Å². The van der Waals surface area contributed by atoms with Crippen molar-refractivity contribution in [2.24, 2.45) is 0 Å². The highest BCUT2D eigenvalue weighted by Gasteiger charge is 1.93. The van der Waals surface area contributed by atoms with Crippen molar-refractivity contribution >= 4 is 12.2 Å². The van der Waals surface area contributed by atoms with Gasteiger partial charge in [-0.15, -0.1) is 0 Å². The van der Waals surface area contributed by atoms with E-state index in [2.05, 4.69) is 0 Å². The van der Waals surface area contributed by atoms with Crippen molar-refractivity contribution in [2.45, 2.75) is 13.5 Å². The largest absolute Gasteiger partial charge is 0.415 e. The number of imidazole rings is 1. The maximum absolute atomic E-state index is 5.02. The zero-order chi connectivity index (χ0) is 7.56. The van der Waals surface area contributed by atoms with Crippen molar-refractivity contribution in [1.82, 2.24) is 9.30 Å². The molecule has 3 nitrogen and oxygen atoms in total. The molecule has 0 saturated carbocycles. The summed E-state index contributed by atoms with van der Waals surface area (Å²) >= 11 is 5.02. The molecule has 10 heavy (non-hydrogen) atoms. The molecule has 0 aromatic carbocycles. The number of nitrogens with zero attached hydrogens (tertiary/aromatic N) is 2. The van der Waals surface area contributed by atoms with Crippen molar-refractivity contribution in [3.8, 4) is 0 Å². The number of aryl methyl sites for hydroxylation is 1. The highest BCUT2D eigenvalue weighted by Crippen LogP contribution is 1.93. The summed E-state index contributed by atoms with van der Waals surface area (Å²) in [6.45, 7) is 2.92. The molecule has 0 aliphatic heterocycles. The fourth-order valence-electron chi connectivity index (χ4n) is 0.775. The lowest BCUT2D eigenvalue weighted by atomic mass is 10.7. The van der Waals surface area contributed by atoms with E-state index in [-0.39, 0.29) is 0 Å². The van der Waals surface area contributed by atoms with Crippen molar-refractivity contribution in [3.05, 3.63) is 17.2 Å². The Morgan fingerprint density at radius 3 is 2.60 bits per heavy atom. The first-order valence-electron chi connectivity index (χ1n) is 3.12. The molecule has 1 rings (SSSR count). The van der Waals surface area contributed by atoms with Gasteiger partial charge in [-0.25, -0.2) is 0 Å². The Kier molecular flexibility index (Phi) is 2.11. The average molecular weight is 158 g/mol. The van der Waals surface area contributed by atoms with Gasteiger partial charge < -0.3 is 9.40 Å². The molecular weight excluding hydrogens is 148 g/mol. The highest BCUT2D eigenvalue weighted by atomic mass is 32.1. The van der Waals surface area contributed by atoms with Gasteiger partial charge in [-0.2, -0.15) is 4.73 Å². The first-order valence-corrected chi connectivity index (χ1v) is 3.52. The summed E-state index contributed by atoms with van der Waals surface area (Å²) in [6, 6.07) is 0. The van der Waals surface area contributed by atoms with Crippen LogP contribution in [0.1, 0.15) is 6.92 Å². The first-order chi connectivity index (χ1) is 4.79. The number of rotatable bonds is 2.